The Balaban J connectivity index is 0.00000312. The van der Waals surface area contributed by atoms with Crippen LogP contribution in [-0.4, -0.2) is 78.4 Å². The lowest BCUT2D eigenvalue weighted by Crippen LogP contribution is -2.52. The zero-order valence-corrected chi connectivity index (χ0v) is 16.4. The number of carbonyl (C=O) groups is 2. The van der Waals surface area contributed by atoms with Crippen molar-refractivity contribution in [1.82, 2.24) is 9.80 Å². The van der Waals surface area contributed by atoms with E-state index in [-0.39, 0.29) is 42.4 Å². The lowest BCUT2D eigenvalue weighted by molar-refractivity contribution is -0.146. The summed E-state index contributed by atoms with van der Waals surface area (Å²) in [7, 11) is -3.06. The van der Waals surface area contributed by atoms with Crippen LogP contribution in [0, 0.1) is 0 Å². The molecule has 2 aliphatic rings. The standard InChI is InChI=1S/C16H28N2O5S.ClH/c1-2-3-9-18(13-7-10-24(22,23)12-13)15(19)11-17-8-5-4-6-14(17)16(20)21;/h13-14H,2-12H2,1H3,(H,20,21);1H. The highest BCUT2D eigenvalue weighted by Gasteiger charge is 2.36. The van der Waals surface area contributed by atoms with Crippen molar-refractivity contribution < 1.29 is 23.1 Å². The third-order valence-corrected chi connectivity index (χ3v) is 6.71. The van der Waals surface area contributed by atoms with Gasteiger partial charge in [0.15, 0.2) is 9.84 Å². The number of carboxylic acids is 1. The van der Waals surface area contributed by atoms with Gasteiger partial charge in [-0.05, 0) is 32.2 Å². The fraction of sp³-hybridized carbons (Fsp3) is 0.875. The first-order chi connectivity index (χ1) is 11.3. The molecule has 1 N–H and O–H groups in total. The largest absolute Gasteiger partial charge is 0.480 e. The summed E-state index contributed by atoms with van der Waals surface area (Å²) in [6.07, 6.45) is 4.55. The number of aliphatic carboxylic acids is 1. The summed E-state index contributed by atoms with van der Waals surface area (Å²) in [6, 6.07) is -0.870. The number of hydrogen-bond acceptors (Lipinski definition) is 5. The molecule has 9 heteroatoms. The SMILES string of the molecule is CCCCN(C(=O)CN1CCCCC1C(=O)O)C1CCS(=O)(=O)C1.Cl. The first-order valence-electron chi connectivity index (χ1n) is 8.81. The molecule has 146 valence electrons. The van der Waals surface area contributed by atoms with Crippen molar-refractivity contribution in [3.8, 4) is 0 Å². The smallest absolute Gasteiger partial charge is 0.320 e. The van der Waals surface area contributed by atoms with Crippen LogP contribution in [-0.2, 0) is 19.4 Å². The van der Waals surface area contributed by atoms with Gasteiger partial charge in [-0.2, -0.15) is 0 Å². The van der Waals surface area contributed by atoms with Gasteiger partial charge in [-0.25, -0.2) is 8.42 Å². The van der Waals surface area contributed by atoms with E-state index >= 15 is 0 Å². The number of nitrogens with zero attached hydrogens (tertiary/aromatic N) is 2. The van der Waals surface area contributed by atoms with Gasteiger partial charge < -0.3 is 10.0 Å². The average molecular weight is 397 g/mol. The lowest BCUT2D eigenvalue weighted by atomic mass is 10.0. The Labute approximate surface area is 156 Å². The summed E-state index contributed by atoms with van der Waals surface area (Å²) in [4.78, 5) is 27.6. The topological polar surface area (TPSA) is 95.0 Å². The summed E-state index contributed by atoms with van der Waals surface area (Å²) in [5.74, 6) is -0.857. The molecular weight excluding hydrogens is 368 g/mol. The zero-order valence-electron chi connectivity index (χ0n) is 14.7. The van der Waals surface area contributed by atoms with Crippen molar-refractivity contribution in [3.63, 3.8) is 0 Å². The van der Waals surface area contributed by atoms with Crippen LogP contribution in [0.5, 0.6) is 0 Å². The van der Waals surface area contributed by atoms with Crippen molar-refractivity contribution in [2.75, 3.05) is 31.1 Å². The molecule has 0 aromatic rings. The number of halogens is 1. The van der Waals surface area contributed by atoms with Crippen LogP contribution < -0.4 is 0 Å². The molecule has 2 saturated heterocycles. The molecule has 7 nitrogen and oxygen atoms in total. The highest BCUT2D eigenvalue weighted by molar-refractivity contribution is 7.91. The molecule has 0 aromatic heterocycles. The minimum Gasteiger partial charge on any atom is -0.480 e. The maximum atomic E-state index is 12.8. The van der Waals surface area contributed by atoms with Crippen molar-refractivity contribution >= 4 is 34.1 Å². The zero-order chi connectivity index (χ0) is 17.7. The van der Waals surface area contributed by atoms with Gasteiger partial charge in [0.05, 0.1) is 18.1 Å². The number of unbranched alkanes of at least 4 members (excludes halogenated alkanes) is 1. The first kappa shape index (κ1) is 22.2. The van der Waals surface area contributed by atoms with E-state index in [0.717, 1.165) is 25.7 Å². The fourth-order valence-electron chi connectivity index (χ4n) is 3.59. The number of rotatable bonds is 7. The quantitative estimate of drug-likeness (QED) is 0.693. The lowest BCUT2D eigenvalue weighted by Gasteiger charge is -2.35. The molecule has 25 heavy (non-hydrogen) atoms. The summed E-state index contributed by atoms with van der Waals surface area (Å²) >= 11 is 0. The Morgan fingerprint density at radius 3 is 2.52 bits per heavy atom. The van der Waals surface area contributed by atoms with Gasteiger partial charge in [0, 0.05) is 12.6 Å². The normalized spacial score (nSPS) is 26.0. The Kier molecular flexibility index (Phi) is 8.63. The summed E-state index contributed by atoms with van der Waals surface area (Å²) < 4.78 is 23.5. The molecule has 2 unspecified atom stereocenters. The third kappa shape index (κ3) is 6.11. The number of amides is 1. The molecule has 0 radical (unpaired) electrons. The Hall–Kier alpha value is -0.860. The highest BCUT2D eigenvalue weighted by Crippen LogP contribution is 2.21. The highest BCUT2D eigenvalue weighted by atomic mass is 35.5. The number of carbonyl (C=O) groups excluding carboxylic acids is 1. The van der Waals surface area contributed by atoms with Gasteiger partial charge in [0.2, 0.25) is 5.91 Å². The predicted octanol–water partition coefficient (Wildman–Crippen LogP) is 1.16. The molecule has 2 rings (SSSR count). The molecule has 0 aromatic carbocycles. The number of carboxylic acid groups (broad SMARTS) is 1. The van der Waals surface area contributed by atoms with E-state index < -0.39 is 21.8 Å². The molecule has 0 bridgehead atoms. The Morgan fingerprint density at radius 1 is 1.24 bits per heavy atom. The molecular formula is C16H29ClN2O5S. The van der Waals surface area contributed by atoms with Crippen molar-refractivity contribution in [2.45, 2.75) is 57.5 Å². The maximum absolute atomic E-state index is 12.8. The van der Waals surface area contributed by atoms with E-state index in [1.807, 2.05) is 6.92 Å². The maximum Gasteiger partial charge on any atom is 0.320 e. The summed E-state index contributed by atoms with van der Waals surface area (Å²) in [5, 5.41) is 9.34. The predicted molar refractivity (Wildman–Crippen MR) is 97.8 cm³/mol. The molecule has 0 aliphatic carbocycles. The van der Waals surface area contributed by atoms with Gasteiger partial charge in [-0.1, -0.05) is 19.8 Å². The van der Waals surface area contributed by atoms with Crippen LogP contribution in [0.25, 0.3) is 0 Å². The molecule has 2 heterocycles. The molecule has 2 atom stereocenters. The minimum absolute atomic E-state index is 0. The number of piperidine rings is 1. The number of hydrogen-bond donors (Lipinski definition) is 1. The van der Waals surface area contributed by atoms with Crippen LogP contribution in [0.15, 0.2) is 0 Å². The van der Waals surface area contributed by atoms with Crippen molar-refractivity contribution in [3.05, 3.63) is 0 Å². The van der Waals surface area contributed by atoms with Crippen LogP contribution in [0.3, 0.4) is 0 Å². The van der Waals surface area contributed by atoms with Gasteiger partial charge in [0.1, 0.15) is 6.04 Å². The van der Waals surface area contributed by atoms with E-state index in [9.17, 15) is 23.1 Å². The Morgan fingerprint density at radius 2 is 1.96 bits per heavy atom. The second-order valence-corrected chi connectivity index (χ2v) is 9.05. The van der Waals surface area contributed by atoms with E-state index in [4.69, 9.17) is 0 Å². The Bertz CT molecular complexity index is 569. The average Bonchev–Trinajstić information content (AvgIpc) is 2.88. The van der Waals surface area contributed by atoms with E-state index in [1.165, 1.54) is 0 Å². The number of likely N-dealkylation sites (tertiary alicyclic amines) is 1. The molecule has 0 saturated carbocycles. The van der Waals surface area contributed by atoms with Gasteiger partial charge >= 0.3 is 5.97 Å². The van der Waals surface area contributed by atoms with Crippen LogP contribution in [0.4, 0.5) is 0 Å². The second-order valence-electron chi connectivity index (χ2n) is 6.82. The first-order valence-corrected chi connectivity index (χ1v) is 10.6. The van der Waals surface area contributed by atoms with Crippen LogP contribution >= 0.6 is 12.4 Å². The van der Waals surface area contributed by atoms with E-state index in [1.54, 1.807) is 9.80 Å². The second kappa shape index (κ2) is 9.73. The van der Waals surface area contributed by atoms with Crippen molar-refractivity contribution in [1.29, 1.82) is 0 Å². The van der Waals surface area contributed by atoms with Crippen LogP contribution in [0.1, 0.15) is 45.4 Å². The molecule has 2 aliphatic heterocycles. The fourth-order valence-corrected chi connectivity index (χ4v) is 5.32. The third-order valence-electron chi connectivity index (χ3n) is 4.96. The van der Waals surface area contributed by atoms with E-state index in [0.29, 0.717) is 25.9 Å². The van der Waals surface area contributed by atoms with Crippen molar-refractivity contribution in [2.24, 2.45) is 0 Å². The summed E-state index contributed by atoms with van der Waals surface area (Å²) in [5.41, 5.74) is 0. The number of sulfone groups is 1. The molecule has 1 amide bonds. The summed E-state index contributed by atoms with van der Waals surface area (Å²) in [6.45, 7) is 3.24. The van der Waals surface area contributed by atoms with Gasteiger partial charge in [0.25, 0.3) is 0 Å². The van der Waals surface area contributed by atoms with E-state index in [2.05, 4.69) is 0 Å². The van der Waals surface area contributed by atoms with Crippen LogP contribution in [0.2, 0.25) is 0 Å². The molecule has 0 spiro atoms. The monoisotopic (exact) mass is 396 g/mol. The van der Waals surface area contributed by atoms with Gasteiger partial charge in [-0.3, -0.25) is 14.5 Å². The van der Waals surface area contributed by atoms with Gasteiger partial charge in [-0.15, -0.1) is 12.4 Å². The minimum atomic E-state index is -3.06. The molecule has 2 fully saturated rings.